The third kappa shape index (κ3) is 4.32. The number of hydrogen-bond donors (Lipinski definition) is 1. The van der Waals surface area contributed by atoms with Crippen LogP contribution in [0.25, 0.3) is 0 Å². The van der Waals surface area contributed by atoms with Crippen LogP contribution in [0.3, 0.4) is 0 Å². The fraction of sp³-hybridized carbons (Fsp3) is 0.375. The van der Waals surface area contributed by atoms with Crippen molar-refractivity contribution in [2.75, 3.05) is 6.54 Å². The lowest BCUT2D eigenvalue weighted by molar-refractivity contribution is 0.553. The van der Waals surface area contributed by atoms with Gasteiger partial charge in [-0.2, -0.15) is 0 Å². The van der Waals surface area contributed by atoms with E-state index in [-0.39, 0.29) is 0 Å². The molecule has 0 fully saturated rings. The molecule has 2 rings (SSSR count). The van der Waals surface area contributed by atoms with E-state index in [1.807, 2.05) is 23.5 Å². The average Bonchev–Trinajstić information content (AvgIpc) is 2.85. The van der Waals surface area contributed by atoms with Gasteiger partial charge in [0, 0.05) is 31.7 Å². The molecule has 0 aliphatic heterocycles. The van der Waals surface area contributed by atoms with Gasteiger partial charge in [0.15, 0.2) is 0 Å². The second-order valence-electron chi connectivity index (χ2n) is 4.74. The van der Waals surface area contributed by atoms with Crippen LogP contribution in [0.2, 0.25) is 5.02 Å². The molecule has 1 atom stereocenters. The number of rotatable bonds is 6. The molecule has 0 aliphatic rings. The van der Waals surface area contributed by atoms with E-state index in [1.165, 1.54) is 15.3 Å². The lowest BCUT2D eigenvalue weighted by atomic mass is 10.0. The molecule has 20 heavy (non-hydrogen) atoms. The summed E-state index contributed by atoms with van der Waals surface area (Å²) in [4.78, 5) is 2.87. The first-order valence-corrected chi connectivity index (χ1v) is 8.88. The standard InChI is InChI=1S/C16H19BrClNS/c1-3-14-5-6-15(20-14)10-16(19-4-2)11-7-12(17)9-13(18)8-11/h5-9,16,19H,3-4,10H2,1-2H3. The molecule has 108 valence electrons. The molecule has 1 N–H and O–H groups in total. The molecule has 1 heterocycles. The van der Waals surface area contributed by atoms with E-state index < -0.39 is 0 Å². The van der Waals surface area contributed by atoms with Crippen LogP contribution in [-0.2, 0) is 12.8 Å². The highest BCUT2D eigenvalue weighted by Gasteiger charge is 2.14. The first kappa shape index (κ1) is 16.0. The topological polar surface area (TPSA) is 12.0 Å². The summed E-state index contributed by atoms with van der Waals surface area (Å²) in [6.07, 6.45) is 2.12. The smallest absolute Gasteiger partial charge is 0.0420 e. The van der Waals surface area contributed by atoms with E-state index >= 15 is 0 Å². The Morgan fingerprint density at radius 3 is 2.55 bits per heavy atom. The third-order valence-corrected chi connectivity index (χ3v) is 5.14. The summed E-state index contributed by atoms with van der Waals surface area (Å²) < 4.78 is 1.03. The lowest BCUT2D eigenvalue weighted by Gasteiger charge is -2.18. The predicted octanol–water partition coefficient (Wildman–Crippen LogP) is 5.62. The zero-order chi connectivity index (χ0) is 14.5. The van der Waals surface area contributed by atoms with Gasteiger partial charge in [0.25, 0.3) is 0 Å². The quantitative estimate of drug-likeness (QED) is 0.694. The number of benzene rings is 1. The Morgan fingerprint density at radius 1 is 1.20 bits per heavy atom. The maximum absolute atomic E-state index is 6.17. The molecule has 4 heteroatoms. The van der Waals surface area contributed by atoms with Crippen molar-refractivity contribution in [3.63, 3.8) is 0 Å². The molecule has 1 aromatic heterocycles. The summed E-state index contributed by atoms with van der Waals surface area (Å²) in [5, 5.41) is 4.33. The molecular weight excluding hydrogens is 354 g/mol. The largest absolute Gasteiger partial charge is 0.310 e. The average molecular weight is 373 g/mol. The normalized spacial score (nSPS) is 12.6. The summed E-state index contributed by atoms with van der Waals surface area (Å²) in [6.45, 7) is 5.28. The van der Waals surface area contributed by atoms with Crippen LogP contribution in [0.5, 0.6) is 0 Å². The minimum absolute atomic E-state index is 0.304. The van der Waals surface area contributed by atoms with Crippen molar-refractivity contribution in [1.82, 2.24) is 5.32 Å². The Balaban J connectivity index is 2.21. The molecule has 0 radical (unpaired) electrons. The van der Waals surface area contributed by atoms with Gasteiger partial charge in [0.05, 0.1) is 0 Å². The predicted molar refractivity (Wildman–Crippen MR) is 93.0 cm³/mol. The van der Waals surface area contributed by atoms with E-state index in [0.29, 0.717) is 6.04 Å². The lowest BCUT2D eigenvalue weighted by Crippen LogP contribution is -2.22. The van der Waals surface area contributed by atoms with Crippen molar-refractivity contribution in [3.05, 3.63) is 55.1 Å². The van der Waals surface area contributed by atoms with Crippen molar-refractivity contribution >= 4 is 38.9 Å². The van der Waals surface area contributed by atoms with Crippen LogP contribution in [0.15, 0.2) is 34.8 Å². The van der Waals surface area contributed by atoms with Crippen LogP contribution < -0.4 is 5.32 Å². The van der Waals surface area contributed by atoms with Gasteiger partial charge in [-0.15, -0.1) is 11.3 Å². The zero-order valence-electron chi connectivity index (χ0n) is 11.7. The van der Waals surface area contributed by atoms with Crippen molar-refractivity contribution in [2.45, 2.75) is 32.7 Å². The number of aryl methyl sites for hydroxylation is 1. The second-order valence-corrected chi connectivity index (χ2v) is 7.34. The summed E-state index contributed by atoms with van der Waals surface area (Å²) in [7, 11) is 0. The van der Waals surface area contributed by atoms with Gasteiger partial charge in [-0.25, -0.2) is 0 Å². The Hall–Kier alpha value is -0.350. The van der Waals surface area contributed by atoms with Crippen molar-refractivity contribution in [3.8, 4) is 0 Å². The SMILES string of the molecule is CCNC(Cc1ccc(CC)s1)c1cc(Cl)cc(Br)c1. The van der Waals surface area contributed by atoms with Crippen LogP contribution >= 0.6 is 38.9 Å². The Kier molecular flexibility index (Phi) is 6.09. The Labute approximate surface area is 138 Å². The van der Waals surface area contributed by atoms with E-state index in [9.17, 15) is 0 Å². The highest BCUT2D eigenvalue weighted by atomic mass is 79.9. The van der Waals surface area contributed by atoms with Crippen LogP contribution in [0.4, 0.5) is 0 Å². The van der Waals surface area contributed by atoms with Crippen LogP contribution in [0, 0.1) is 0 Å². The van der Waals surface area contributed by atoms with Gasteiger partial charge in [-0.1, -0.05) is 41.4 Å². The molecule has 2 aromatic rings. The second kappa shape index (κ2) is 7.60. The number of thiophene rings is 1. The molecule has 1 nitrogen and oxygen atoms in total. The minimum atomic E-state index is 0.304. The summed E-state index contributed by atoms with van der Waals surface area (Å²) in [5.74, 6) is 0. The highest BCUT2D eigenvalue weighted by molar-refractivity contribution is 9.10. The molecule has 1 aromatic carbocycles. The van der Waals surface area contributed by atoms with Gasteiger partial charge in [0.2, 0.25) is 0 Å². The molecular formula is C16H19BrClNS. The van der Waals surface area contributed by atoms with E-state index in [4.69, 9.17) is 11.6 Å². The fourth-order valence-electron chi connectivity index (χ4n) is 2.25. The molecule has 0 saturated carbocycles. The highest BCUT2D eigenvalue weighted by Crippen LogP contribution is 2.28. The first-order valence-electron chi connectivity index (χ1n) is 6.89. The Bertz CT molecular complexity index is 547. The number of nitrogens with one attached hydrogen (secondary N) is 1. The summed E-state index contributed by atoms with van der Waals surface area (Å²) in [5.41, 5.74) is 1.23. The molecule has 0 aliphatic carbocycles. The summed E-state index contributed by atoms with van der Waals surface area (Å²) >= 11 is 11.6. The summed E-state index contributed by atoms with van der Waals surface area (Å²) in [6, 6.07) is 10.9. The maximum atomic E-state index is 6.17. The molecule has 0 saturated heterocycles. The Morgan fingerprint density at radius 2 is 1.95 bits per heavy atom. The number of likely N-dealkylation sites (N-methyl/N-ethyl adjacent to an activating group) is 1. The minimum Gasteiger partial charge on any atom is -0.310 e. The van der Waals surface area contributed by atoms with E-state index in [1.54, 1.807) is 0 Å². The zero-order valence-corrected chi connectivity index (χ0v) is 14.9. The van der Waals surface area contributed by atoms with Crippen LogP contribution in [-0.4, -0.2) is 6.54 Å². The molecule has 0 bridgehead atoms. The van der Waals surface area contributed by atoms with E-state index in [0.717, 1.165) is 28.9 Å². The van der Waals surface area contributed by atoms with Crippen molar-refractivity contribution < 1.29 is 0 Å². The first-order chi connectivity index (χ1) is 9.62. The van der Waals surface area contributed by atoms with Gasteiger partial charge < -0.3 is 5.32 Å². The molecule has 0 spiro atoms. The van der Waals surface area contributed by atoms with Gasteiger partial charge in [-0.3, -0.25) is 0 Å². The number of halogens is 2. The third-order valence-electron chi connectivity index (χ3n) is 3.21. The molecule has 1 unspecified atom stereocenters. The monoisotopic (exact) mass is 371 g/mol. The molecule has 0 amide bonds. The van der Waals surface area contributed by atoms with Gasteiger partial charge in [0.1, 0.15) is 0 Å². The van der Waals surface area contributed by atoms with Gasteiger partial charge in [-0.05, 0) is 48.9 Å². The maximum Gasteiger partial charge on any atom is 0.0420 e. The van der Waals surface area contributed by atoms with Gasteiger partial charge >= 0.3 is 0 Å². The van der Waals surface area contributed by atoms with Crippen molar-refractivity contribution in [1.29, 1.82) is 0 Å². The van der Waals surface area contributed by atoms with Crippen molar-refractivity contribution in [2.24, 2.45) is 0 Å². The number of hydrogen-bond acceptors (Lipinski definition) is 2. The fourth-order valence-corrected chi connectivity index (χ4v) is 4.14. The van der Waals surface area contributed by atoms with E-state index in [2.05, 4.69) is 53.3 Å². The van der Waals surface area contributed by atoms with Crippen LogP contribution in [0.1, 0.15) is 35.2 Å².